The molecule has 0 unspecified atom stereocenters. The van der Waals surface area contributed by atoms with Gasteiger partial charge in [-0.3, -0.25) is 9.69 Å². The normalized spacial score (nSPS) is 14.4. The van der Waals surface area contributed by atoms with Crippen LogP contribution < -0.4 is 5.32 Å². The smallest absolute Gasteiger partial charge is 0.256 e. The van der Waals surface area contributed by atoms with Crippen LogP contribution in [-0.4, -0.2) is 44.5 Å². The van der Waals surface area contributed by atoms with E-state index in [-0.39, 0.29) is 5.91 Å². The summed E-state index contributed by atoms with van der Waals surface area (Å²) in [6, 6.07) is 11.0. The van der Waals surface area contributed by atoms with E-state index in [2.05, 4.69) is 58.4 Å². The molecule has 1 amide bonds. The number of hydrogen-bond donors (Lipinski definition) is 1. The Kier molecular flexibility index (Phi) is 7.53. The van der Waals surface area contributed by atoms with Crippen LogP contribution in [0.15, 0.2) is 42.7 Å². The van der Waals surface area contributed by atoms with Gasteiger partial charge in [0.1, 0.15) is 5.56 Å². The van der Waals surface area contributed by atoms with Crippen molar-refractivity contribution in [2.24, 2.45) is 0 Å². The lowest BCUT2D eigenvalue weighted by molar-refractivity contribution is 0.0952. The van der Waals surface area contributed by atoms with Crippen LogP contribution in [0, 0.1) is 0 Å². The average Bonchev–Trinajstić information content (AvgIpc) is 3.20. The minimum Gasteiger partial charge on any atom is -0.352 e. The van der Waals surface area contributed by atoms with Gasteiger partial charge < -0.3 is 5.32 Å². The van der Waals surface area contributed by atoms with Crippen molar-refractivity contribution >= 4 is 11.6 Å². The van der Waals surface area contributed by atoms with Gasteiger partial charge in [0.2, 0.25) is 0 Å². The van der Waals surface area contributed by atoms with Crippen LogP contribution in [0.4, 0.5) is 0 Å². The summed E-state index contributed by atoms with van der Waals surface area (Å²) in [6.07, 6.45) is 11.5. The van der Waals surface area contributed by atoms with E-state index >= 15 is 0 Å². The second kappa shape index (κ2) is 10.7. The predicted octanol–water partition coefficient (Wildman–Crippen LogP) is 4.42. The number of benzene rings is 1. The number of hydrogen-bond acceptors (Lipinski definition) is 4. The summed E-state index contributed by atoms with van der Waals surface area (Å²) in [5.41, 5.74) is 5.06. The zero-order valence-corrected chi connectivity index (χ0v) is 19.4. The Morgan fingerprint density at radius 3 is 2.66 bits per heavy atom. The molecule has 0 spiro atoms. The number of fused-ring (bicyclic) bond motifs is 3. The van der Waals surface area contributed by atoms with Gasteiger partial charge in [-0.1, -0.05) is 43.2 Å². The molecular formula is C26H35N5O. The topological polar surface area (TPSA) is 62.5 Å². The summed E-state index contributed by atoms with van der Waals surface area (Å²) < 4.78 is 1.90. The monoisotopic (exact) mass is 433 g/mol. The summed E-state index contributed by atoms with van der Waals surface area (Å²) >= 11 is 0. The maximum atomic E-state index is 12.9. The second-order valence-electron chi connectivity index (χ2n) is 9.10. The first-order chi connectivity index (χ1) is 15.6. The van der Waals surface area contributed by atoms with Gasteiger partial charge in [0.25, 0.3) is 5.91 Å². The third-order valence-corrected chi connectivity index (χ3v) is 6.43. The third-order valence-electron chi connectivity index (χ3n) is 6.43. The van der Waals surface area contributed by atoms with Crippen molar-refractivity contribution < 1.29 is 4.79 Å². The molecule has 0 saturated carbocycles. The Bertz CT molecular complexity index is 1030. The molecule has 3 aromatic rings. The van der Waals surface area contributed by atoms with Crippen molar-refractivity contribution in [3.8, 4) is 0 Å². The molecule has 0 atom stereocenters. The zero-order valence-electron chi connectivity index (χ0n) is 19.4. The predicted molar refractivity (Wildman–Crippen MR) is 128 cm³/mol. The van der Waals surface area contributed by atoms with Crippen molar-refractivity contribution in [3.63, 3.8) is 0 Å². The number of rotatable bonds is 8. The van der Waals surface area contributed by atoms with Crippen molar-refractivity contribution in [2.45, 2.75) is 71.4 Å². The second-order valence-corrected chi connectivity index (χ2v) is 9.10. The summed E-state index contributed by atoms with van der Waals surface area (Å²) in [5.74, 6) is -0.0857. The van der Waals surface area contributed by atoms with Crippen molar-refractivity contribution in [2.75, 3.05) is 13.1 Å². The molecule has 1 aromatic carbocycles. The van der Waals surface area contributed by atoms with E-state index in [0.29, 0.717) is 23.8 Å². The van der Waals surface area contributed by atoms with Gasteiger partial charge >= 0.3 is 0 Å². The molecule has 0 bridgehead atoms. The van der Waals surface area contributed by atoms with Gasteiger partial charge in [0.05, 0.1) is 6.20 Å². The lowest BCUT2D eigenvalue weighted by Crippen LogP contribution is -2.34. The molecule has 0 saturated heterocycles. The fourth-order valence-electron chi connectivity index (χ4n) is 4.53. The van der Waals surface area contributed by atoms with Gasteiger partial charge in [0, 0.05) is 37.6 Å². The number of aryl methyl sites for hydroxylation is 2. The zero-order chi connectivity index (χ0) is 22.3. The van der Waals surface area contributed by atoms with Crippen molar-refractivity contribution in [3.05, 3.63) is 65.1 Å². The minimum absolute atomic E-state index is 0.0857. The number of aromatic nitrogens is 3. The molecule has 2 heterocycles. The van der Waals surface area contributed by atoms with E-state index in [9.17, 15) is 4.79 Å². The molecule has 0 radical (unpaired) electrons. The van der Waals surface area contributed by atoms with Gasteiger partial charge in [-0.15, -0.1) is 0 Å². The lowest BCUT2D eigenvalue weighted by atomic mass is 9.98. The molecule has 6 heteroatoms. The number of amides is 1. The first-order valence-electron chi connectivity index (χ1n) is 12.0. The Balaban J connectivity index is 1.35. The molecule has 6 nitrogen and oxygen atoms in total. The lowest BCUT2D eigenvalue weighted by Gasteiger charge is -2.26. The fourth-order valence-corrected chi connectivity index (χ4v) is 4.53. The van der Waals surface area contributed by atoms with Crippen LogP contribution in [0.25, 0.3) is 5.65 Å². The van der Waals surface area contributed by atoms with Crippen LogP contribution in [0.3, 0.4) is 0 Å². The molecule has 170 valence electrons. The molecular weight excluding hydrogens is 398 g/mol. The van der Waals surface area contributed by atoms with Gasteiger partial charge in [-0.25, -0.2) is 9.50 Å². The summed E-state index contributed by atoms with van der Waals surface area (Å²) in [5, 5.41) is 7.62. The Morgan fingerprint density at radius 2 is 1.88 bits per heavy atom. The number of nitrogens with zero attached hydrogens (tertiary/aromatic N) is 4. The highest BCUT2D eigenvalue weighted by Crippen LogP contribution is 2.21. The molecule has 4 rings (SSSR count). The standard InChI is InChI=1S/C26H35N5O/c1-20(2)30(19-21-11-6-5-7-12-21)16-10-15-27-26(32)23-18-29-31-24-14-9-4-3-8-13-22(24)17-28-25(23)31/h5-7,11-12,17-18,20H,3-4,8-10,13-16,19H2,1-2H3,(H,27,32). The average molecular weight is 434 g/mol. The largest absolute Gasteiger partial charge is 0.352 e. The molecule has 1 N–H and O–H groups in total. The maximum absolute atomic E-state index is 12.9. The van der Waals surface area contributed by atoms with E-state index in [1.165, 1.54) is 42.5 Å². The van der Waals surface area contributed by atoms with E-state index in [4.69, 9.17) is 0 Å². The molecule has 2 aromatic heterocycles. The molecule has 1 aliphatic carbocycles. The number of carbonyl (C=O) groups excluding carboxylic acids is 1. The van der Waals surface area contributed by atoms with Crippen LogP contribution >= 0.6 is 0 Å². The molecule has 1 aliphatic rings. The fraction of sp³-hybridized carbons (Fsp3) is 0.500. The quantitative estimate of drug-likeness (QED) is 0.534. The first-order valence-corrected chi connectivity index (χ1v) is 12.0. The molecule has 0 aliphatic heterocycles. The number of carbonyl (C=O) groups is 1. The van der Waals surface area contributed by atoms with Crippen LogP contribution in [0.5, 0.6) is 0 Å². The molecule has 32 heavy (non-hydrogen) atoms. The maximum Gasteiger partial charge on any atom is 0.256 e. The summed E-state index contributed by atoms with van der Waals surface area (Å²) in [4.78, 5) is 19.9. The van der Waals surface area contributed by atoms with E-state index < -0.39 is 0 Å². The highest BCUT2D eigenvalue weighted by Gasteiger charge is 2.18. The third kappa shape index (κ3) is 5.36. The summed E-state index contributed by atoms with van der Waals surface area (Å²) in [7, 11) is 0. The SMILES string of the molecule is CC(C)N(CCCNC(=O)c1cnn2c3c(cnc12)CCCCCC3)Cc1ccccc1. The first kappa shape index (κ1) is 22.5. The Labute approximate surface area is 191 Å². The van der Waals surface area contributed by atoms with E-state index in [0.717, 1.165) is 32.4 Å². The Morgan fingerprint density at radius 1 is 1.09 bits per heavy atom. The summed E-state index contributed by atoms with van der Waals surface area (Å²) in [6.45, 7) is 6.94. The van der Waals surface area contributed by atoms with Crippen LogP contribution in [0.1, 0.15) is 73.1 Å². The van der Waals surface area contributed by atoms with Gasteiger partial charge in [-0.05, 0) is 57.1 Å². The van der Waals surface area contributed by atoms with Crippen LogP contribution in [0.2, 0.25) is 0 Å². The van der Waals surface area contributed by atoms with Crippen LogP contribution in [-0.2, 0) is 19.4 Å². The highest BCUT2D eigenvalue weighted by molar-refractivity contribution is 5.99. The van der Waals surface area contributed by atoms with Gasteiger partial charge in [0.15, 0.2) is 5.65 Å². The van der Waals surface area contributed by atoms with E-state index in [1.807, 2.05) is 16.8 Å². The van der Waals surface area contributed by atoms with E-state index in [1.54, 1.807) is 6.20 Å². The minimum atomic E-state index is -0.0857. The highest BCUT2D eigenvalue weighted by atomic mass is 16.1. The Hall–Kier alpha value is -2.73. The van der Waals surface area contributed by atoms with Gasteiger partial charge in [-0.2, -0.15) is 5.10 Å². The molecule has 0 fully saturated rings. The van der Waals surface area contributed by atoms with Crippen molar-refractivity contribution in [1.82, 2.24) is 24.8 Å². The number of nitrogens with one attached hydrogen (secondary N) is 1. The van der Waals surface area contributed by atoms with Crippen molar-refractivity contribution in [1.29, 1.82) is 0 Å².